The highest BCUT2D eigenvalue weighted by Crippen LogP contribution is 2.44. The van der Waals surface area contributed by atoms with Crippen LogP contribution in [0.1, 0.15) is 40.7 Å². The lowest BCUT2D eigenvalue weighted by atomic mass is 9.77. The number of nitrogens with zero attached hydrogens (tertiary/aromatic N) is 1. The number of hydrogen-bond acceptors (Lipinski definition) is 4. The number of aliphatic carboxylic acids is 1. The van der Waals surface area contributed by atoms with Gasteiger partial charge >= 0.3 is 12.1 Å². The lowest BCUT2D eigenvalue weighted by Gasteiger charge is -2.46. The van der Waals surface area contributed by atoms with Gasteiger partial charge in [0.1, 0.15) is 12.0 Å². The van der Waals surface area contributed by atoms with Crippen molar-refractivity contribution in [2.75, 3.05) is 25.0 Å². The molecule has 0 unspecified atom stereocenters. The molecule has 2 amide bonds. The third-order valence-corrected chi connectivity index (χ3v) is 7.13. The van der Waals surface area contributed by atoms with Crippen molar-refractivity contribution < 1.29 is 24.2 Å². The molecule has 1 saturated heterocycles. The number of anilines is 1. The van der Waals surface area contributed by atoms with Gasteiger partial charge in [-0.3, -0.25) is 14.9 Å². The van der Waals surface area contributed by atoms with Crippen LogP contribution < -0.4 is 5.32 Å². The molecule has 35 heavy (non-hydrogen) atoms. The Bertz CT molecular complexity index is 1250. The van der Waals surface area contributed by atoms with E-state index in [0.717, 1.165) is 11.1 Å². The number of carbonyl (C=O) groups is 3. The van der Waals surface area contributed by atoms with E-state index in [0.29, 0.717) is 17.7 Å². The van der Waals surface area contributed by atoms with Crippen LogP contribution in [-0.4, -0.2) is 47.7 Å². The molecule has 2 N–H and O–H groups in total. The number of carbonyl (C=O) groups excluding carboxylic acids is 2. The first kappa shape index (κ1) is 22.7. The minimum absolute atomic E-state index is 0.0225. The SMILES string of the molecule is CCC1(C(=O)O)CN(C(=O)c2ccc(NC(=O)OCC3c4ccccc4-c4ccccc43)cc2)C1. The number of amides is 2. The van der Waals surface area contributed by atoms with Crippen molar-refractivity contribution in [3.8, 4) is 11.1 Å². The third-order valence-electron chi connectivity index (χ3n) is 7.13. The first-order valence-electron chi connectivity index (χ1n) is 11.7. The van der Waals surface area contributed by atoms with Crippen molar-refractivity contribution in [1.29, 1.82) is 0 Å². The molecule has 0 spiro atoms. The van der Waals surface area contributed by atoms with Gasteiger partial charge in [0.15, 0.2) is 0 Å². The number of ether oxygens (including phenoxy) is 1. The summed E-state index contributed by atoms with van der Waals surface area (Å²) in [5, 5.41) is 12.1. The molecule has 3 aromatic rings. The van der Waals surface area contributed by atoms with Crippen LogP contribution in [-0.2, 0) is 9.53 Å². The summed E-state index contributed by atoms with van der Waals surface area (Å²) in [6.07, 6.45) is -0.0855. The van der Waals surface area contributed by atoms with Crippen LogP contribution in [0.3, 0.4) is 0 Å². The second kappa shape index (κ2) is 8.91. The van der Waals surface area contributed by atoms with E-state index < -0.39 is 17.5 Å². The van der Waals surface area contributed by atoms with E-state index in [1.807, 2.05) is 31.2 Å². The van der Waals surface area contributed by atoms with Crippen LogP contribution in [0.5, 0.6) is 0 Å². The largest absolute Gasteiger partial charge is 0.481 e. The molecule has 178 valence electrons. The van der Waals surface area contributed by atoms with Crippen molar-refractivity contribution in [3.63, 3.8) is 0 Å². The normalized spacial score (nSPS) is 15.5. The first-order valence-corrected chi connectivity index (χ1v) is 11.7. The minimum Gasteiger partial charge on any atom is -0.481 e. The van der Waals surface area contributed by atoms with Crippen LogP contribution in [0.2, 0.25) is 0 Å². The summed E-state index contributed by atoms with van der Waals surface area (Å²) in [4.78, 5) is 38.1. The van der Waals surface area contributed by atoms with Gasteiger partial charge in [-0.05, 0) is 52.9 Å². The fraction of sp³-hybridized carbons (Fsp3) is 0.250. The lowest BCUT2D eigenvalue weighted by molar-refractivity contribution is -0.158. The quantitative estimate of drug-likeness (QED) is 0.530. The Labute approximate surface area is 203 Å². The number of hydrogen-bond donors (Lipinski definition) is 2. The van der Waals surface area contributed by atoms with Gasteiger partial charge in [-0.2, -0.15) is 0 Å². The zero-order valence-corrected chi connectivity index (χ0v) is 19.4. The van der Waals surface area contributed by atoms with E-state index in [1.54, 1.807) is 24.3 Å². The van der Waals surface area contributed by atoms with Gasteiger partial charge in [-0.1, -0.05) is 55.5 Å². The number of carboxylic acid groups (broad SMARTS) is 1. The molecular formula is C28H26N2O5. The zero-order valence-electron chi connectivity index (χ0n) is 19.4. The summed E-state index contributed by atoms with van der Waals surface area (Å²) in [7, 11) is 0. The molecule has 1 aliphatic heterocycles. The fourth-order valence-electron chi connectivity index (χ4n) is 4.97. The molecule has 0 atom stereocenters. The molecule has 0 radical (unpaired) electrons. The Morgan fingerprint density at radius 1 is 0.943 bits per heavy atom. The molecule has 0 aromatic heterocycles. The van der Waals surface area contributed by atoms with Crippen LogP contribution in [0, 0.1) is 5.41 Å². The van der Waals surface area contributed by atoms with E-state index in [9.17, 15) is 19.5 Å². The molecule has 2 aliphatic rings. The van der Waals surface area contributed by atoms with Crippen molar-refractivity contribution in [2.45, 2.75) is 19.3 Å². The van der Waals surface area contributed by atoms with Gasteiger partial charge in [-0.15, -0.1) is 0 Å². The molecule has 0 saturated carbocycles. The summed E-state index contributed by atoms with van der Waals surface area (Å²) in [6, 6.07) is 22.8. The monoisotopic (exact) mass is 470 g/mol. The van der Waals surface area contributed by atoms with Crippen LogP contribution >= 0.6 is 0 Å². The maximum atomic E-state index is 12.7. The summed E-state index contributed by atoms with van der Waals surface area (Å²) < 4.78 is 5.56. The maximum Gasteiger partial charge on any atom is 0.411 e. The predicted molar refractivity (Wildman–Crippen MR) is 131 cm³/mol. The Morgan fingerprint density at radius 2 is 1.51 bits per heavy atom. The molecule has 1 heterocycles. The van der Waals surface area contributed by atoms with E-state index >= 15 is 0 Å². The Morgan fingerprint density at radius 3 is 2.06 bits per heavy atom. The summed E-state index contributed by atoms with van der Waals surface area (Å²) in [5.74, 6) is -1.11. The van der Waals surface area contributed by atoms with Crippen molar-refractivity contribution in [3.05, 3.63) is 89.5 Å². The van der Waals surface area contributed by atoms with E-state index in [2.05, 4.69) is 29.6 Å². The second-order valence-electron chi connectivity index (χ2n) is 9.13. The minimum atomic E-state index is -0.869. The van der Waals surface area contributed by atoms with Crippen LogP contribution in [0.25, 0.3) is 11.1 Å². The topological polar surface area (TPSA) is 95.9 Å². The van der Waals surface area contributed by atoms with Gasteiger partial charge in [0.05, 0.1) is 0 Å². The smallest absolute Gasteiger partial charge is 0.411 e. The summed E-state index contributed by atoms with van der Waals surface area (Å²) in [6.45, 7) is 2.45. The molecule has 0 bridgehead atoms. The number of fused-ring (bicyclic) bond motifs is 3. The van der Waals surface area contributed by atoms with Crippen molar-refractivity contribution in [2.24, 2.45) is 5.41 Å². The highest BCUT2D eigenvalue weighted by molar-refractivity contribution is 5.97. The van der Waals surface area contributed by atoms with Gasteiger partial charge in [0.2, 0.25) is 0 Å². The standard InChI is InChI=1S/C28H26N2O5/c1-2-28(26(32)33)16-30(17-28)25(31)18-11-13-19(14-12-18)29-27(34)35-15-24-22-9-5-3-7-20(22)21-8-4-6-10-23(21)24/h3-14,24H,2,15-17H2,1H3,(H,29,34)(H,32,33). The van der Waals surface area contributed by atoms with Gasteiger partial charge in [-0.25, -0.2) is 4.79 Å². The molecule has 5 rings (SSSR count). The summed E-state index contributed by atoms with van der Waals surface area (Å²) >= 11 is 0. The maximum absolute atomic E-state index is 12.7. The van der Waals surface area contributed by atoms with Crippen LogP contribution in [0.4, 0.5) is 10.5 Å². The number of nitrogens with one attached hydrogen (secondary N) is 1. The second-order valence-corrected chi connectivity index (χ2v) is 9.13. The molecule has 7 heteroatoms. The Hall–Kier alpha value is -4.13. The van der Waals surface area contributed by atoms with Crippen molar-refractivity contribution in [1.82, 2.24) is 4.90 Å². The van der Waals surface area contributed by atoms with E-state index in [-0.39, 0.29) is 31.5 Å². The lowest BCUT2D eigenvalue weighted by Crippen LogP contribution is -2.61. The molecule has 1 aliphatic carbocycles. The summed E-state index contributed by atoms with van der Waals surface area (Å²) in [5.41, 5.74) is 4.73. The number of benzene rings is 3. The third kappa shape index (κ3) is 4.03. The highest BCUT2D eigenvalue weighted by Gasteiger charge is 2.50. The van der Waals surface area contributed by atoms with Gasteiger partial charge in [0.25, 0.3) is 5.91 Å². The molecule has 3 aromatic carbocycles. The molecular weight excluding hydrogens is 444 g/mol. The number of likely N-dealkylation sites (tertiary alicyclic amines) is 1. The Balaban J connectivity index is 1.18. The van der Waals surface area contributed by atoms with E-state index in [1.165, 1.54) is 16.0 Å². The van der Waals surface area contributed by atoms with Gasteiger partial charge < -0.3 is 14.7 Å². The highest BCUT2D eigenvalue weighted by atomic mass is 16.5. The number of rotatable bonds is 6. The number of carboxylic acids is 1. The average Bonchev–Trinajstić information content (AvgIpc) is 3.16. The Kier molecular flexibility index (Phi) is 5.76. The first-order chi connectivity index (χ1) is 16.9. The van der Waals surface area contributed by atoms with E-state index in [4.69, 9.17) is 4.74 Å². The van der Waals surface area contributed by atoms with Gasteiger partial charge in [0, 0.05) is 30.3 Å². The van der Waals surface area contributed by atoms with Crippen LogP contribution in [0.15, 0.2) is 72.8 Å². The van der Waals surface area contributed by atoms with Crippen molar-refractivity contribution >= 4 is 23.7 Å². The molecule has 7 nitrogen and oxygen atoms in total. The predicted octanol–water partition coefficient (Wildman–Crippen LogP) is 4.98. The average molecular weight is 471 g/mol. The fourth-order valence-corrected chi connectivity index (χ4v) is 4.97. The molecule has 1 fully saturated rings. The zero-order chi connectivity index (χ0) is 24.6.